The first-order valence-corrected chi connectivity index (χ1v) is 20.8. The van der Waals surface area contributed by atoms with Crippen LogP contribution in [-0.4, -0.2) is 129 Å². The second kappa shape index (κ2) is 15.9. The van der Waals surface area contributed by atoms with Crippen molar-refractivity contribution < 1.29 is 64.2 Å². The van der Waals surface area contributed by atoms with E-state index in [4.69, 9.17) is 23.7 Å². The van der Waals surface area contributed by atoms with Crippen molar-refractivity contribution >= 4 is 5.78 Å². The second-order valence-corrected chi connectivity index (χ2v) is 18.6. The molecule has 4 aliphatic carbocycles. The first-order chi connectivity index (χ1) is 25.6. The van der Waals surface area contributed by atoms with E-state index in [-0.39, 0.29) is 70.9 Å². The van der Waals surface area contributed by atoms with Gasteiger partial charge < -0.3 is 59.4 Å². The van der Waals surface area contributed by atoms with E-state index in [1.807, 2.05) is 6.08 Å². The molecule has 13 heteroatoms. The summed E-state index contributed by atoms with van der Waals surface area (Å²) in [5.41, 5.74) is 0.963. The van der Waals surface area contributed by atoms with Crippen LogP contribution in [0.1, 0.15) is 98.8 Å². The summed E-state index contributed by atoms with van der Waals surface area (Å²) in [7, 11) is 0. The molecule has 308 valence electrons. The number of ether oxygens (including phenoxy) is 5. The molecule has 3 aliphatic heterocycles. The van der Waals surface area contributed by atoms with Gasteiger partial charge in [0.25, 0.3) is 0 Å². The van der Waals surface area contributed by atoms with Gasteiger partial charge in [-0.3, -0.25) is 4.79 Å². The Kier molecular flexibility index (Phi) is 12.1. The molecule has 7 N–H and O–H groups in total. The summed E-state index contributed by atoms with van der Waals surface area (Å²) in [6.45, 7) is 9.83. The van der Waals surface area contributed by atoms with Gasteiger partial charge in [-0.05, 0) is 112 Å². The molecule has 0 aromatic carbocycles. The van der Waals surface area contributed by atoms with Crippen molar-refractivity contribution in [1.82, 2.24) is 0 Å². The molecule has 13 nitrogen and oxygen atoms in total. The predicted octanol–water partition coefficient (Wildman–Crippen LogP) is 2.19. The van der Waals surface area contributed by atoms with Crippen LogP contribution in [0.25, 0.3) is 0 Å². The Morgan fingerprint density at radius 2 is 1.44 bits per heavy atom. The molecule has 3 heterocycles. The molecule has 0 aromatic heterocycles. The van der Waals surface area contributed by atoms with Gasteiger partial charge in [-0.15, -0.1) is 0 Å². The van der Waals surface area contributed by atoms with Gasteiger partial charge in [-0.2, -0.15) is 0 Å². The third-order valence-electron chi connectivity index (χ3n) is 15.7. The van der Waals surface area contributed by atoms with Crippen molar-refractivity contribution in [2.75, 3.05) is 13.2 Å². The lowest BCUT2D eigenvalue weighted by Gasteiger charge is -2.57. The largest absolute Gasteiger partial charge is 0.396 e. The fraction of sp³-hybridized carbons (Fsp3) is 0.927. The molecular weight excluding hydrogens is 700 g/mol. The maximum Gasteiger partial charge on any atom is 0.187 e. The summed E-state index contributed by atoms with van der Waals surface area (Å²) in [5.74, 6) is 0.419. The number of ketones is 1. The molecule has 54 heavy (non-hydrogen) atoms. The number of rotatable bonds is 9. The summed E-state index contributed by atoms with van der Waals surface area (Å²) < 4.78 is 30.8. The van der Waals surface area contributed by atoms with E-state index in [9.17, 15) is 40.5 Å². The third kappa shape index (κ3) is 7.08. The standard InChI is InChI=1S/C41H66O13/c1-19-6-9-30(52-37(19)54-38-33(46)20(2)32(45)21(3)50-38)23(12-15-42)25-7-8-26-24-17-29(44)28-16-22(10-13-41(28,5)27(24)11-14-40(25,26)4)51-39-36(49)35(48)34(47)31(18-43)53-39/h17,19-23,25-28,30-39,42-43,45-49H,6-16,18H2,1-5H3/t19?,20?,21?,22?,23?,25?,26?,27?,28?,30-,31?,32?,33?,34?,35?,36?,37-,38?,39?,40?,41?/m0/s1. The highest BCUT2D eigenvalue weighted by atomic mass is 16.8. The van der Waals surface area contributed by atoms with Crippen molar-refractivity contribution in [2.45, 2.75) is 173 Å². The molecule has 7 rings (SSSR count). The Hall–Kier alpha value is -1.07. The molecule has 0 bridgehead atoms. The van der Waals surface area contributed by atoms with Gasteiger partial charge in [-0.1, -0.05) is 33.3 Å². The molecular formula is C41H66O13. The van der Waals surface area contributed by atoms with E-state index in [2.05, 4.69) is 20.8 Å². The van der Waals surface area contributed by atoms with Crippen LogP contribution in [-0.2, 0) is 28.5 Å². The molecule has 6 fully saturated rings. The summed E-state index contributed by atoms with van der Waals surface area (Å²) in [5, 5.41) is 72.4. The van der Waals surface area contributed by atoms with Gasteiger partial charge in [-0.25, -0.2) is 0 Å². The van der Waals surface area contributed by atoms with Crippen LogP contribution in [0.2, 0.25) is 0 Å². The van der Waals surface area contributed by atoms with E-state index < -0.39 is 74.1 Å². The van der Waals surface area contributed by atoms with Crippen LogP contribution in [0.15, 0.2) is 11.6 Å². The van der Waals surface area contributed by atoms with Crippen LogP contribution < -0.4 is 0 Å². The summed E-state index contributed by atoms with van der Waals surface area (Å²) >= 11 is 0. The summed E-state index contributed by atoms with van der Waals surface area (Å²) in [4.78, 5) is 14.1. The molecule has 7 aliphatic rings. The minimum absolute atomic E-state index is 0.0517. The molecule has 21 atom stereocenters. The Labute approximate surface area is 319 Å². The van der Waals surface area contributed by atoms with Gasteiger partial charge in [0.15, 0.2) is 24.7 Å². The number of carbonyl (C=O) groups is 1. The monoisotopic (exact) mass is 766 g/mol. The number of aliphatic hydroxyl groups is 7. The number of fused-ring (bicyclic) bond motifs is 5. The lowest BCUT2D eigenvalue weighted by molar-refractivity contribution is -0.347. The lowest BCUT2D eigenvalue weighted by atomic mass is 9.47. The van der Waals surface area contributed by atoms with E-state index in [0.717, 1.165) is 44.9 Å². The molecule has 0 radical (unpaired) electrons. The highest BCUT2D eigenvalue weighted by Crippen LogP contribution is 2.67. The first kappa shape index (κ1) is 41.1. The zero-order valence-electron chi connectivity index (χ0n) is 32.6. The minimum Gasteiger partial charge on any atom is -0.396 e. The normalized spacial score (nSPS) is 52.9. The van der Waals surface area contributed by atoms with Crippen LogP contribution in [0.5, 0.6) is 0 Å². The van der Waals surface area contributed by atoms with Crippen LogP contribution in [0, 0.1) is 52.3 Å². The Morgan fingerprint density at radius 1 is 0.741 bits per heavy atom. The topological polar surface area (TPSA) is 205 Å². The summed E-state index contributed by atoms with van der Waals surface area (Å²) in [6.07, 6.45) is -0.881. The second-order valence-electron chi connectivity index (χ2n) is 18.6. The molecule has 0 amide bonds. The van der Waals surface area contributed by atoms with E-state index in [1.165, 1.54) is 5.57 Å². The molecule has 3 saturated heterocycles. The smallest absolute Gasteiger partial charge is 0.187 e. The van der Waals surface area contributed by atoms with Crippen LogP contribution in [0.4, 0.5) is 0 Å². The maximum atomic E-state index is 14.1. The minimum atomic E-state index is -1.52. The van der Waals surface area contributed by atoms with Gasteiger partial charge in [0, 0.05) is 24.4 Å². The first-order valence-electron chi connectivity index (χ1n) is 20.8. The number of carbonyl (C=O) groups excluding carboxylic acids is 1. The molecule has 0 aromatic rings. The fourth-order valence-corrected chi connectivity index (χ4v) is 12.3. The fourth-order valence-electron chi connectivity index (χ4n) is 12.3. The number of hydrogen-bond acceptors (Lipinski definition) is 13. The SMILES string of the molecule is CC1OC(O[C@@H]2O[C@H](C(CCO)C3CCC4C5=CC(=O)C6CC(OC7OC(CO)C(O)C(O)C7O)CCC6(C)C5CCC43C)CCC2C)C(O)C(C)C1O. The number of aliphatic hydroxyl groups excluding tert-OH is 7. The van der Waals surface area contributed by atoms with Crippen molar-refractivity contribution in [3.05, 3.63) is 11.6 Å². The zero-order valence-corrected chi connectivity index (χ0v) is 32.6. The Bertz CT molecular complexity index is 1360. The predicted molar refractivity (Wildman–Crippen MR) is 193 cm³/mol. The van der Waals surface area contributed by atoms with E-state index in [0.29, 0.717) is 19.3 Å². The van der Waals surface area contributed by atoms with E-state index in [1.54, 1.807) is 13.8 Å². The summed E-state index contributed by atoms with van der Waals surface area (Å²) in [6, 6.07) is 0. The molecule has 0 spiro atoms. The average Bonchev–Trinajstić information content (AvgIpc) is 3.50. The highest BCUT2D eigenvalue weighted by Gasteiger charge is 2.61. The number of allylic oxidation sites excluding steroid dienone is 2. The molecule has 19 unspecified atom stereocenters. The van der Waals surface area contributed by atoms with Crippen LogP contribution in [0.3, 0.4) is 0 Å². The maximum absolute atomic E-state index is 14.1. The van der Waals surface area contributed by atoms with Crippen molar-refractivity contribution in [2.24, 2.45) is 52.3 Å². The Morgan fingerprint density at radius 3 is 2.17 bits per heavy atom. The quantitative estimate of drug-likeness (QED) is 0.180. The van der Waals surface area contributed by atoms with Gasteiger partial charge in [0.1, 0.15) is 30.5 Å². The van der Waals surface area contributed by atoms with Gasteiger partial charge in [0.2, 0.25) is 0 Å². The Balaban J connectivity index is 1.05. The van der Waals surface area contributed by atoms with Crippen molar-refractivity contribution in [3.63, 3.8) is 0 Å². The van der Waals surface area contributed by atoms with Gasteiger partial charge in [0.05, 0.1) is 31.0 Å². The van der Waals surface area contributed by atoms with Gasteiger partial charge >= 0.3 is 0 Å². The van der Waals surface area contributed by atoms with Crippen molar-refractivity contribution in [3.8, 4) is 0 Å². The number of hydrogen-bond donors (Lipinski definition) is 7. The third-order valence-corrected chi connectivity index (χ3v) is 15.7. The highest BCUT2D eigenvalue weighted by molar-refractivity contribution is 5.94. The lowest BCUT2D eigenvalue weighted by Crippen LogP contribution is -2.60. The average molecular weight is 767 g/mol. The zero-order chi connectivity index (χ0) is 38.9. The molecule has 3 saturated carbocycles. The van der Waals surface area contributed by atoms with Crippen LogP contribution >= 0.6 is 0 Å². The van der Waals surface area contributed by atoms with E-state index >= 15 is 0 Å². The van der Waals surface area contributed by atoms with Crippen molar-refractivity contribution in [1.29, 1.82) is 0 Å².